The number of fused-ring (bicyclic) bond motifs is 1. The van der Waals surface area contributed by atoms with Crippen LogP contribution in [0.3, 0.4) is 0 Å². The van der Waals surface area contributed by atoms with Crippen LogP contribution in [0.4, 0.5) is 0 Å². The van der Waals surface area contributed by atoms with Crippen molar-refractivity contribution < 1.29 is 9.53 Å². The Hall–Kier alpha value is -2.71. The van der Waals surface area contributed by atoms with Gasteiger partial charge in [-0.2, -0.15) is 9.61 Å². The molecule has 136 valence electrons. The second-order valence-corrected chi connectivity index (χ2v) is 7.51. The first-order chi connectivity index (χ1) is 13.2. The number of thioether (sulfide) groups is 1. The Balaban J connectivity index is 1.56. The Morgan fingerprint density at radius 1 is 1.15 bits per heavy atom. The molecule has 4 rings (SSSR count). The van der Waals surface area contributed by atoms with Gasteiger partial charge in [0.15, 0.2) is 11.4 Å². The first-order valence-corrected chi connectivity index (χ1v) is 10.3. The van der Waals surface area contributed by atoms with Gasteiger partial charge < -0.3 is 4.74 Å². The number of ether oxygens (including phenoxy) is 1. The zero-order valence-electron chi connectivity index (χ0n) is 14.5. The van der Waals surface area contributed by atoms with Gasteiger partial charge in [0, 0.05) is 5.56 Å². The molecule has 0 aliphatic rings. The SMILES string of the molecule is CCOc1ccc(-c2ccc3nnc(SCC(=O)c4cccs4)n3n2)cc1. The monoisotopic (exact) mass is 396 g/mol. The minimum atomic E-state index is 0.0782. The molecule has 4 aromatic rings. The number of benzene rings is 1. The van der Waals surface area contributed by atoms with Crippen molar-refractivity contribution in [1.82, 2.24) is 19.8 Å². The van der Waals surface area contributed by atoms with E-state index in [1.54, 1.807) is 4.52 Å². The molecule has 3 aromatic heterocycles. The van der Waals surface area contributed by atoms with Crippen molar-refractivity contribution in [1.29, 1.82) is 0 Å². The number of carbonyl (C=O) groups is 1. The van der Waals surface area contributed by atoms with Crippen molar-refractivity contribution in [2.45, 2.75) is 12.1 Å². The lowest BCUT2D eigenvalue weighted by Gasteiger charge is -2.05. The van der Waals surface area contributed by atoms with Crippen molar-refractivity contribution in [2.24, 2.45) is 0 Å². The number of carbonyl (C=O) groups excluding carboxylic acids is 1. The van der Waals surface area contributed by atoms with Crippen LogP contribution < -0.4 is 4.74 Å². The molecule has 27 heavy (non-hydrogen) atoms. The van der Waals surface area contributed by atoms with Gasteiger partial charge in [-0.05, 0) is 54.8 Å². The summed E-state index contributed by atoms with van der Waals surface area (Å²) < 4.78 is 7.16. The summed E-state index contributed by atoms with van der Waals surface area (Å²) in [6, 6.07) is 15.3. The van der Waals surface area contributed by atoms with Gasteiger partial charge >= 0.3 is 0 Å². The van der Waals surface area contributed by atoms with Crippen molar-refractivity contribution in [3.05, 3.63) is 58.8 Å². The second kappa shape index (κ2) is 7.89. The first kappa shape index (κ1) is 17.7. The maximum Gasteiger partial charge on any atom is 0.212 e. The van der Waals surface area contributed by atoms with E-state index in [2.05, 4.69) is 15.3 Å². The summed E-state index contributed by atoms with van der Waals surface area (Å²) in [6.07, 6.45) is 0. The normalized spacial score (nSPS) is 11.0. The maximum absolute atomic E-state index is 12.2. The average molecular weight is 396 g/mol. The molecule has 8 heteroatoms. The number of aromatic nitrogens is 4. The van der Waals surface area contributed by atoms with Gasteiger partial charge in [0.2, 0.25) is 5.16 Å². The van der Waals surface area contributed by atoms with Crippen LogP contribution in [0.25, 0.3) is 16.9 Å². The van der Waals surface area contributed by atoms with Gasteiger partial charge in [-0.3, -0.25) is 4.79 Å². The highest BCUT2D eigenvalue weighted by molar-refractivity contribution is 7.99. The highest BCUT2D eigenvalue weighted by Gasteiger charge is 2.13. The lowest BCUT2D eigenvalue weighted by molar-refractivity contribution is 0.102. The number of rotatable bonds is 7. The van der Waals surface area contributed by atoms with E-state index in [-0.39, 0.29) is 5.78 Å². The van der Waals surface area contributed by atoms with Gasteiger partial charge in [-0.15, -0.1) is 21.5 Å². The molecule has 0 atom stereocenters. The van der Waals surface area contributed by atoms with Crippen molar-refractivity contribution in [3.63, 3.8) is 0 Å². The van der Waals surface area contributed by atoms with E-state index in [4.69, 9.17) is 4.74 Å². The smallest absolute Gasteiger partial charge is 0.212 e. The molecule has 0 bridgehead atoms. The highest BCUT2D eigenvalue weighted by atomic mass is 32.2. The largest absolute Gasteiger partial charge is 0.494 e. The summed E-state index contributed by atoms with van der Waals surface area (Å²) in [7, 11) is 0. The Labute approximate surface area is 164 Å². The van der Waals surface area contributed by atoms with E-state index in [1.807, 2.05) is 60.8 Å². The Kier molecular flexibility index (Phi) is 5.17. The summed E-state index contributed by atoms with van der Waals surface area (Å²) in [5.41, 5.74) is 2.42. The summed E-state index contributed by atoms with van der Waals surface area (Å²) in [6.45, 7) is 2.59. The Morgan fingerprint density at radius 2 is 2.00 bits per heavy atom. The fraction of sp³-hybridized carbons (Fsp3) is 0.158. The Morgan fingerprint density at radius 3 is 2.74 bits per heavy atom. The molecular formula is C19H16N4O2S2. The molecular weight excluding hydrogens is 380 g/mol. The van der Waals surface area contributed by atoms with Gasteiger partial charge in [-0.1, -0.05) is 17.8 Å². The second-order valence-electron chi connectivity index (χ2n) is 5.62. The lowest BCUT2D eigenvalue weighted by Crippen LogP contribution is -2.02. The van der Waals surface area contributed by atoms with Gasteiger partial charge in [0.05, 0.1) is 22.9 Å². The minimum Gasteiger partial charge on any atom is -0.494 e. The van der Waals surface area contributed by atoms with Crippen molar-refractivity contribution in [3.8, 4) is 17.0 Å². The zero-order chi connectivity index (χ0) is 18.6. The molecule has 0 saturated carbocycles. The van der Waals surface area contributed by atoms with Crippen LogP contribution in [-0.4, -0.2) is 38.0 Å². The third-order valence-electron chi connectivity index (χ3n) is 3.82. The molecule has 0 fully saturated rings. The number of thiophene rings is 1. The summed E-state index contributed by atoms with van der Waals surface area (Å²) in [5.74, 6) is 1.21. The molecule has 0 saturated heterocycles. The molecule has 1 aromatic carbocycles. The van der Waals surface area contributed by atoms with Gasteiger partial charge in [0.25, 0.3) is 0 Å². The van der Waals surface area contributed by atoms with E-state index < -0.39 is 0 Å². The van der Waals surface area contributed by atoms with Crippen LogP contribution in [0.1, 0.15) is 16.6 Å². The number of ketones is 1. The molecule has 0 aliphatic heterocycles. The van der Waals surface area contributed by atoms with Crippen LogP contribution in [0.5, 0.6) is 5.75 Å². The lowest BCUT2D eigenvalue weighted by atomic mass is 10.1. The van der Waals surface area contributed by atoms with Crippen LogP contribution in [0.15, 0.2) is 59.1 Å². The topological polar surface area (TPSA) is 69.4 Å². The number of hydrogen-bond donors (Lipinski definition) is 0. The van der Waals surface area contributed by atoms with Gasteiger partial charge in [0.1, 0.15) is 5.75 Å². The maximum atomic E-state index is 12.2. The van der Waals surface area contributed by atoms with Crippen LogP contribution in [0, 0.1) is 0 Å². The van der Waals surface area contributed by atoms with E-state index in [1.165, 1.54) is 23.1 Å². The van der Waals surface area contributed by atoms with Crippen molar-refractivity contribution >= 4 is 34.5 Å². The predicted molar refractivity (Wildman–Crippen MR) is 107 cm³/mol. The summed E-state index contributed by atoms with van der Waals surface area (Å²) in [5, 5.41) is 15.4. The number of Topliss-reactive ketones (excluding diaryl/α,β-unsaturated/α-hetero) is 1. The molecule has 0 spiro atoms. The third kappa shape index (κ3) is 3.86. The molecule has 0 N–H and O–H groups in total. The Bertz CT molecular complexity index is 1060. The highest BCUT2D eigenvalue weighted by Crippen LogP contribution is 2.23. The van der Waals surface area contributed by atoms with E-state index in [9.17, 15) is 4.79 Å². The fourth-order valence-electron chi connectivity index (χ4n) is 2.54. The zero-order valence-corrected chi connectivity index (χ0v) is 16.2. The fourth-order valence-corrected chi connectivity index (χ4v) is 4.07. The standard InChI is InChI=1S/C19H16N4O2S2/c1-2-25-14-7-5-13(6-8-14)15-9-10-18-20-21-19(23(18)22-15)27-12-16(24)17-4-3-11-26-17/h3-11H,2,12H2,1H3. The molecule has 0 unspecified atom stereocenters. The first-order valence-electron chi connectivity index (χ1n) is 8.40. The van der Waals surface area contributed by atoms with E-state index >= 15 is 0 Å². The average Bonchev–Trinajstić information content (AvgIpc) is 3.37. The van der Waals surface area contributed by atoms with E-state index in [0.29, 0.717) is 23.2 Å². The van der Waals surface area contributed by atoms with Crippen LogP contribution in [-0.2, 0) is 0 Å². The van der Waals surface area contributed by atoms with Gasteiger partial charge in [-0.25, -0.2) is 0 Å². The predicted octanol–water partition coefficient (Wildman–Crippen LogP) is 4.23. The molecule has 6 nitrogen and oxygen atoms in total. The van der Waals surface area contributed by atoms with Crippen molar-refractivity contribution in [2.75, 3.05) is 12.4 Å². The molecule has 0 aliphatic carbocycles. The third-order valence-corrected chi connectivity index (χ3v) is 5.65. The summed E-state index contributed by atoms with van der Waals surface area (Å²) in [4.78, 5) is 13.0. The van der Waals surface area contributed by atoms with Crippen LogP contribution >= 0.6 is 23.1 Å². The number of nitrogens with zero attached hydrogens (tertiary/aromatic N) is 4. The number of hydrogen-bond acceptors (Lipinski definition) is 7. The quantitative estimate of drug-likeness (QED) is 0.344. The minimum absolute atomic E-state index is 0.0782. The molecule has 0 amide bonds. The molecule has 3 heterocycles. The molecule has 0 radical (unpaired) electrons. The van der Waals surface area contributed by atoms with Crippen LogP contribution in [0.2, 0.25) is 0 Å². The van der Waals surface area contributed by atoms with E-state index in [0.717, 1.165) is 21.9 Å². The summed E-state index contributed by atoms with van der Waals surface area (Å²) >= 11 is 2.78.